The number of carbonyl (C=O) groups excluding carboxylic acids is 2. The third kappa shape index (κ3) is 15.7. The molecule has 0 aromatic heterocycles. The molecule has 0 atom stereocenters. The fourth-order valence-corrected chi connectivity index (χ4v) is 0. The highest BCUT2D eigenvalue weighted by Crippen LogP contribution is 1.64. The average molecular weight is 160 g/mol. The van der Waals surface area contributed by atoms with E-state index in [0.29, 0.717) is 0 Å². The molecule has 0 aliphatic rings. The van der Waals surface area contributed by atoms with Crippen LogP contribution in [0.3, 0.4) is 0 Å². The molecule has 0 amide bonds. The Labute approximate surface area is 61.7 Å². The minimum absolute atomic E-state index is 1.14. The van der Waals surface area contributed by atoms with E-state index in [-0.39, 0.29) is 0 Å². The molecule has 0 saturated heterocycles. The second kappa shape index (κ2) is 8.16. The number of hydrogen-bond acceptors (Lipinski definition) is 4. The van der Waals surface area contributed by atoms with Crippen molar-refractivity contribution >= 4 is 21.5 Å². The lowest BCUT2D eigenvalue weighted by molar-refractivity contribution is -0.345. The van der Waals surface area contributed by atoms with Gasteiger partial charge in [0.2, 0.25) is 12.6 Å². The van der Waals surface area contributed by atoms with E-state index in [4.69, 9.17) is 19.8 Å². The summed E-state index contributed by atoms with van der Waals surface area (Å²) in [6, 6.07) is 1.35. The van der Waals surface area contributed by atoms with Crippen LogP contribution in [0.2, 0.25) is 12.6 Å². The summed E-state index contributed by atoms with van der Waals surface area (Å²) in [4.78, 5) is 17.9. The molecule has 0 bridgehead atoms. The van der Waals surface area contributed by atoms with Crippen LogP contribution in [0.15, 0.2) is 0 Å². The molecule has 0 heterocycles. The molecule has 4 nitrogen and oxygen atoms in total. The summed E-state index contributed by atoms with van der Waals surface area (Å²) in [6.07, 6.45) is 0. The van der Waals surface area contributed by atoms with Crippen molar-refractivity contribution < 1.29 is 19.8 Å². The van der Waals surface area contributed by atoms with Crippen molar-refractivity contribution in [3.8, 4) is 0 Å². The van der Waals surface area contributed by atoms with Crippen LogP contribution in [-0.2, 0) is 9.59 Å². The van der Waals surface area contributed by atoms with Gasteiger partial charge in [0.1, 0.15) is 0 Å². The monoisotopic (exact) mass is 160 g/mol. The summed E-state index contributed by atoms with van der Waals surface area (Å²) in [5.41, 5.74) is 0. The number of aliphatic carboxylic acids is 2. The van der Waals surface area contributed by atoms with Crippen LogP contribution in [0, 0.1) is 0 Å². The Morgan fingerprint density at radius 1 is 1.30 bits per heavy atom. The van der Waals surface area contributed by atoms with E-state index in [1.807, 2.05) is 0 Å². The van der Waals surface area contributed by atoms with Gasteiger partial charge in [-0.1, -0.05) is 0 Å². The first kappa shape index (κ1) is 11.9. The fraction of sp³-hybridized carbons (Fsp3) is 0.600. The van der Waals surface area contributed by atoms with E-state index in [1.165, 1.54) is 6.04 Å². The highest BCUT2D eigenvalue weighted by Gasteiger charge is 2.13. The van der Waals surface area contributed by atoms with Gasteiger partial charge in [-0.25, -0.2) is 0 Å². The Hall–Kier alpha value is -0.843. The minimum atomic E-state index is -2.19. The van der Waals surface area contributed by atoms with E-state index in [2.05, 4.69) is 13.5 Å². The predicted molar refractivity (Wildman–Crippen MR) is 32.1 cm³/mol. The number of rotatable bonds is 1. The lowest BCUT2D eigenvalue weighted by Gasteiger charge is -1.97. The quantitative estimate of drug-likeness (QED) is 0.318. The van der Waals surface area contributed by atoms with Gasteiger partial charge in [-0.15, -0.1) is 0 Å². The van der Waals surface area contributed by atoms with E-state index >= 15 is 0 Å². The molecule has 0 radical (unpaired) electrons. The topological polar surface area (TPSA) is 80.3 Å². The first-order chi connectivity index (χ1) is 4.56. The Balaban J connectivity index is 0. The summed E-state index contributed by atoms with van der Waals surface area (Å²) in [5, 5.41) is 17.9. The Morgan fingerprint density at radius 3 is 1.50 bits per heavy atom. The smallest absolute Gasteiger partial charge is 0.543 e. The van der Waals surface area contributed by atoms with Crippen molar-refractivity contribution in [1.82, 2.24) is 0 Å². The zero-order valence-corrected chi connectivity index (χ0v) is 6.84. The number of carboxylic acids is 2. The fourth-order valence-electron chi connectivity index (χ4n) is 0. The van der Waals surface area contributed by atoms with Gasteiger partial charge < -0.3 is 19.8 Å². The van der Waals surface area contributed by atoms with Gasteiger partial charge in [0.25, 0.3) is 0 Å². The van der Waals surface area contributed by atoms with E-state index in [0.717, 1.165) is 9.52 Å². The van der Waals surface area contributed by atoms with Gasteiger partial charge in [0, 0.05) is 6.92 Å². The van der Waals surface area contributed by atoms with Gasteiger partial charge >= 0.3 is 9.52 Å². The Kier molecular flexibility index (Phi) is 9.70. The molecule has 0 unspecified atom stereocenters. The maximum atomic E-state index is 8.93. The minimum Gasteiger partial charge on any atom is -0.543 e. The summed E-state index contributed by atoms with van der Waals surface area (Å²) in [7, 11) is 1.14. The maximum Gasteiger partial charge on any atom is 0.899 e. The molecule has 5 heteroatoms. The molecule has 0 fully saturated rings. The van der Waals surface area contributed by atoms with Crippen molar-refractivity contribution in [3.05, 3.63) is 0 Å². The van der Waals surface area contributed by atoms with Crippen molar-refractivity contribution in [2.45, 2.75) is 19.5 Å². The number of carboxylic acid groups (broad SMARTS) is 2. The van der Waals surface area contributed by atoms with Gasteiger partial charge in [-0.05, 0) is 0 Å². The molecular weight excluding hydrogens is 152 g/mol. The third-order valence-corrected chi connectivity index (χ3v) is 1.23. The van der Waals surface area contributed by atoms with Crippen LogP contribution in [0.5, 0.6) is 0 Å². The van der Waals surface area contributed by atoms with Gasteiger partial charge in [0.15, 0.2) is 0 Å². The van der Waals surface area contributed by atoms with E-state index in [1.54, 1.807) is 0 Å². The molecule has 10 heavy (non-hydrogen) atoms. The van der Waals surface area contributed by atoms with Crippen molar-refractivity contribution in [1.29, 1.82) is 0 Å². The number of carbonyl (C=O) groups is 2. The first-order valence-electron chi connectivity index (χ1n) is 2.63. The van der Waals surface area contributed by atoms with Crippen LogP contribution in [-0.4, -0.2) is 21.5 Å². The zero-order valence-electron chi connectivity index (χ0n) is 5.84. The highest BCUT2D eigenvalue weighted by atomic mass is 28.2. The second-order valence-corrected chi connectivity index (χ2v) is 2.70. The van der Waals surface area contributed by atoms with Crippen LogP contribution < -0.4 is 10.2 Å². The van der Waals surface area contributed by atoms with Crippen LogP contribution in [0.4, 0.5) is 0 Å². The average Bonchev–Trinajstić information content (AvgIpc) is 1.89. The normalized spacial score (nSPS) is 6.60. The molecule has 0 spiro atoms. The molecule has 0 aromatic carbocycles. The van der Waals surface area contributed by atoms with Crippen molar-refractivity contribution in [3.63, 3.8) is 0 Å². The van der Waals surface area contributed by atoms with Crippen LogP contribution in [0.1, 0.15) is 6.92 Å². The van der Waals surface area contributed by atoms with Crippen LogP contribution >= 0.6 is 0 Å². The van der Waals surface area contributed by atoms with Crippen molar-refractivity contribution in [2.75, 3.05) is 0 Å². The lowest BCUT2D eigenvalue weighted by atomic mass is 10.7. The van der Waals surface area contributed by atoms with Crippen molar-refractivity contribution in [2.24, 2.45) is 0 Å². The molecular formula is C5H8O4Si. The Morgan fingerprint density at radius 2 is 1.50 bits per heavy atom. The molecule has 0 rings (SSSR count). The molecule has 0 N–H and O–H groups in total. The SMILES string of the molecule is CC[Si+2]C.O=C([O-])C(=O)[O-]. The summed E-state index contributed by atoms with van der Waals surface area (Å²) >= 11 is 0. The molecule has 0 saturated carbocycles. The zero-order chi connectivity index (χ0) is 8.57. The number of hydrogen-bond donors (Lipinski definition) is 0. The maximum absolute atomic E-state index is 8.93. The second-order valence-electron chi connectivity index (χ2n) is 1.28. The third-order valence-electron chi connectivity index (χ3n) is 0.520. The summed E-state index contributed by atoms with van der Waals surface area (Å²) in [6.45, 7) is 4.40. The Bertz CT molecular complexity index is 98.2. The molecule has 0 aliphatic heterocycles. The van der Waals surface area contributed by atoms with Gasteiger partial charge in [-0.3, -0.25) is 0 Å². The first-order valence-corrected chi connectivity index (χ1v) is 4.33. The van der Waals surface area contributed by atoms with E-state index < -0.39 is 11.9 Å². The van der Waals surface area contributed by atoms with E-state index in [9.17, 15) is 0 Å². The standard InChI is InChI=1S/C3H8Si.C2H2O4/c1-3-4-2;3-1(4)2(5)6/h3H2,1-2H3;(H,3,4)(H,5,6)/q+2;/p-2. The lowest BCUT2D eigenvalue weighted by Crippen LogP contribution is -2.42. The molecule has 0 aromatic rings. The van der Waals surface area contributed by atoms with Crippen LogP contribution in [0.25, 0.3) is 0 Å². The predicted octanol–water partition coefficient (Wildman–Crippen LogP) is -2.34. The van der Waals surface area contributed by atoms with Gasteiger partial charge in [0.05, 0.1) is 11.9 Å². The molecule has 56 valence electrons. The highest BCUT2D eigenvalue weighted by molar-refractivity contribution is 6.33. The largest absolute Gasteiger partial charge is 0.899 e. The molecule has 0 aliphatic carbocycles. The van der Waals surface area contributed by atoms with Gasteiger partial charge in [-0.2, -0.15) is 0 Å². The summed E-state index contributed by atoms with van der Waals surface area (Å²) < 4.78 is 0. The summed E-state index contributed by atoms with van der Waals surface area (Å²) in [5.74, 6) is -4.37.